The SMILES string of the molecule is CCOC(=O)c1nn(CC)c2c1CN(Cc1ccncc1)CC2. The molecule has 0 fully saturated rings. The van der Waals surface area contributed by atoms with E-state index in [1.54, 1.807) is 0 Å². The predicted octanol–water partition coefficient (Wildman–Crippen LogP) is 2.03. The van der Waals surface area contributed by atoms with E-state index in [2.05, 4.69) is 15.0 Å². The molecule has 2 aromatic heterocycles. The van der Waals surface area contributed by atoms with Crippen LogP contribution in [0.25, 0.3) is 0 Å². The Balaban J connectivity index is 1.83. The number of ether oxygens (including phenoxy) is 1. The van der Waals surface area contributed by atoms with Crippen molar-refractivity contribution in [3.63, 3.8) is 0 Å². The van der Waals surface area contributed by atoms with Gasteiger partial charge in [-0.1, -0.05) is 0 Å². The summed E-state index contributed by atoms with van der Waals surface area (Å²) in [6.07, 6.45) is 4.52. The largest absolute Gasteiger partial charge is 0.461 e. The molecule has 3 heterocycles. The van der Waals surface area contributed by atoms with Crippen molar-refractivity contribution in [1.82, 2.24) is 19.7 Å². The first-order valence-corrected chi connectivity index (χ1v) is 8.09. The van der Waals surface area contributed by atoms with Crippen LogP contribution in [0.4, 0.5) is 0 Å². The minimum Gasteiger partial charge on any atom is -0.461 e. The van der Waals surface area contributed by atoms with E-state index in [1.165, 1.54) is 11.3 Å². The molecule has 0 saturated heterocycles. The number of esters is 1. The topological polar surface area (TPSA) is 60.2 Å². The fraction of sp³-hybridized carbons (Fsp3) is 0.471. The van der Waals surface area contributed by atoms with Crippen molar-refractivity contribution in [3.8, 4) is 0 Å². The van der Waals surface area contributed by atoms with Gasteiger partial charge in [-0.2, -0.15) is 5.10 Å². The number of pyridine rings is 1. The lowest BCUT2D eigenvalue weighted by atomic mass is 10.0. The first-order valence-electron chi connectivity index (χ1n) is 8.09. The summed E-state index contributed by atoms with van der Waals surface area (Å²) in [7, 11) is 0. The van der Waals surface area contributed by atoms with Gasteiger partial charge >= 0.3 is 5.97 Å². The lowest BCUT2D eigenvalue weighted by Gasteiger charge is -2.27. The van der Waals surface area contributed by atoms with E-state index in [-0.39, 0.29) is 5.97 Å². The van der Waals surface area contributed by atoms with Gasteiger partial charge in [-0.15, -0.1) is 0 Å². The number of rotatable bonds is 5. The van der Waals surface area contributed by atoms with Gasteiger partial charge in [0.2, 0.25) is 0 Å². The van der Waals surface area contributed by atoms with Crippen LogP contribution in [0.15, 0.2) is 24.5 Å². The van der Waals surface area contributed by atoms with Crippen molar-refractivity contribution >= 4 is 5.97 Å². The average molecular weight is 314 g/mol. The molecule has 0 unspecified atom stereocenters. The van der Waals surface area contributed by atoms with Crippen LogP contribution in [-0.4, -0.2) is 38.8 Å². The van der Waals surface area contributed by atoms with E-state index < -0.39 is 0 Å². The second-order valence-corrected chi connectivity index (χ2v) is 5.63. The molecule has 1 aliphatic rings. The summed E-state index contributed by atoms with van der Waals surface area (Å²) in [6.45, 7) is 7.54. The fourth-order valence-corrected chi connectivity index (χ4v) is 3.05. The van der Waals surface area contributed by atoms with Crippen LogP contribution in [0, 0.1) is 0 Å². The first-order chi connectivity index (χ1) is 11.2. The molecule has 23 heavy (non-hydrogen) atoms. The Bertz CT molecular complexity index is 681. The highest BCUT2D eigenvalue weighted by Crippen LogP contribution is 2.24. The molecular weight excluding hydrogens is 292 g/mol. The smallest absolute Gasteiger partial charge is 0.359 e. The van der Waals surface area contributed by atoms with E-state index in [9.17, 15) is 4.79 Å². The summed E-state index contributed by atoms with van der Waals surface area (Å²) in [5.41, 5.74) is 3.89. The van der Waals surface area contributed by atoms with E-state index in [1.807, 2.05) is 43.1 Å². The van der Waals surface area contributed by atoms with Crippen LogP contribution >= 0.6 is 0 Å². The molecule has 1 aliphatic heterocycles. The lowest BCUT2D eigenvalue weighted by Crippen LogP contribution is -2.31. The quantitative estimate of drug-likeness (QED) is 0.790. The molecule has 0 radical (unpaired) electrons. The second-order valence-electron chi connectivity index (χ2n) is 5.63. The number of hydrogen-bond acceptors (Lipinski definition) is 5. The van der Waals surface area contributed by atoms with Gasteiger partial charge in [-0.25, -0.2) is 4.79 Å². The maximum Gasteiger partial charge on any atom is 0.359 e. The van der Waals surface area contributed by atoms with Gasteiger partial charge in [0.05, 0.1) is 6.61 Å². The normalized spacial score (nSPS) is 14.5. The summed E-state index contributed by atoms with van der Waals surface area (Å²) in [6, 6.07) is 4.05. The zero-order chi connectivity index (χ0) is 16.2. The average Bonchev–Trinajstić information content (AvgIpc) is 2.94. The zero-order valence-corrected chi connectivity index (χ0v) is 13.7. The van der Waals surface area contributed by atoms with Crippen molar-refractivity contribution in [1.29, 1.82) is 0 Å². The van der Waals surface area contributed by atoms with Gasteiger partial charge in [0.25, 0.3) is 0 Å². The summed E-state index contributed by atoms with van der Waals surface area (Å²) in [4.78, 5) is 18.6. The molecule has 0 aliphatic carbocycles. The first kappa shape index (κ1) is 15.7. The van der Waals surface area contributed by atoms with E-state index in [0.29, 0.717) is 12.3 Å². The van der Waals surface area contributed by atoms with Crippen molar-refractivity contribution in [2.24, 2.45) is 0 Å². The number of hydrogen-bond donors (Lipinski definition) is 0. The summed E-state index contributed by atoms with van der Waals surface area (Å²) in [5.74, 6) is -0.318. The Hall–Kier alpha value is -2.21. The van der Waals surface area contributed by atoms with Crippen LogP contribution < -0.4 is 0 Å². The van der Waals surface area contributed by atoms with Crippen molar-refractivity contribution in [3.05, 3.63) is 47.0 Å². The molecule has 0 saturated carbocycles. The number of carbonyl (C=O) groups is 1. The van der Waals surface area contributed by atoms with E-state index >= 15 is 0 Å². The molecular formula is C17H22N4O2. The Morgan fingerprint density at radius 2 is 2.09 bits per heavy atom. The van der Waals surface area contributed by atoms with Crippen LogP contribution in [0.5, 0.6) is 0 Å². The molecule has 0 amide bonds. The molecule has 0 aromatic carbocycles. The number of carbonyl (C=O) groups excluding carboxylic acids is 1. The lowest BCUT2D eigenvalue weighted by molar-refractivity contribution is 0.0515. The van der Waals surface area contributed by atoms with Crippen LogP contribution in [0.1, 0.15) is 41.2 Å². The zero-order valence-electron chi connectivity index (χ0n) is 13.7. The molecule has 3 rings (SSSR count). The van der Waals surface area contributed by atoms with Crippen LogP contribution in [0.2, 0.25) is 0 Å². The van der Waals surface area contributed by atoms with Crippen molar-refractivity contribution in [2.45, 2.75) is 39.9 Å². The molecule has 6 nitrogen and oxygen atoms in total. The van der Waals surface area contributed by atoms with Gasteiger partial charge in [-0.05, 0) is 31.5 Å². The second kappa shape index (κ2) is 6.91. The van der Waals surface area contributed by atoms with Gasteiger partial charge in [-0.3, -0.25) is 14.6 Å². The van der Waals surface area contributed by atoms with Crippen LogP contribution in [-0.2, 0) is 30.8 Å². The molecule has 6 heteroatoms. The molecule has 0 spiro atoms. The standard InChI is InChI=1S/C17H22N4O2/c1-3-21-15-7-10-20(11-13-5-8-18-9-6-13)12-14(15)16(19-21)17(22)23-4-2/h5-6,8-9H,3-4,7,10-12H2,1-2H3. The molecule has 0 N–H and O–H groups in total. The van der Waals surface area contributed by atoms with Crippen molar-refractivity contribution in [2.75, 3.05) is 13.2 Å². The summed E-state index contributed by atoms with van der Waals surface area (Å²) >= 11 is 0. The predicted molar refractivity (Wildman–Crippen MR) is 85.9 cm³/mol. The summed E-state index contributed by atoms with van der Waals surface area (Å²) < 4.78 is 7.10. The maximum atomic E-state index is 12.2. The summed E-state index contributed by atoms with van der Waals surface area (Å²) in [5, 5.41) is 4.48. The number of nitrogens with zero attached hydrogens (tertiary/aromatic N) is 4. The Labute approximate surface area is 136 Å². The van der Waals surface area contributed by atoms with E-state index in [0.717, 1.165) is 38.2 Å². The van der Waals surface area contributed by atoms with Crippen molar-refractivity contribution < 1.29 is 9.53 Å². The minimum atomic E-state index is -0.318. The molecule has 2 aromatic rings. The highest BCUT2D eigenvalue weighted by Gasteiger charge is 2.28. The molecule has 122 valence electrons. The maximum absolute atomic E-state index is 12.2. The Morgan fingerprint density at radius 3 is 2.78 bits per heavy atom. The van der Waals surface area contributed by atoms with Gasteiger partial charge < -0.3 is 4.74 Å². The minimum absolute atomic E-state index is 0.318. The van der Waals surface area contributed by atoms with Gasteiger partial charge in [0.15, 0.2) is 5.69 Å². The molecule has 0 bridgehead atoms. The highest BCUT2D eigenvalue weighted by molar-refractivity contribution is 5.89. The third-order valence-electron chi connectivity index (χ3n) is 4.14. The number of fused-ring (bicyclic) bond motifs is 1. The molecule has 0 atom stereocenters. The Kier molecular flexibility index (Phi) is 4.71. The van der Waals surface area contributed by atoms with E-state index in [4.69, 9.17) is 4.74 Å². The third kappa shape index (κ3) is 3.27. The highest BCUT2D eigenvalue weighted by atomic mass is 16.5. The number of aryl methyl sites for hydroxylation is 1. The number of aromatic nitrogens is 3. The van der Waals surface area contributed by atoms with Gasteiger partial charge in [0.1, 0.15) is 0 Å². The fourth-order valence-electron chi connectivity index (χ4n) is 3.05. The monoisotopic (exact) mass is 314 g/mol. The van der Waals surface area contributed by atoms with Gasteiger partial charge in [0, 0.05) is 56.3 Å². The van der Waals surface area contributed by atoms with Crippen LogP contribution in [0.3, 0.4) is 0 Å². The Morgan fingerprint density at radius 1 is 1.30 bits per heavy atom. The third-order valence-corrected chi connectivity index (χ3v) is 4.14.